The highest BCUT2D eigenvalue weighted by molar-refractivity contribution is 6.12. The molecule has 7 heteroatoms. The standard InChI is InChI=1S/C24H17F2NO4/c1-29-21-10-5-15(13-22(21)30-14-16-3-2-4-19(26)11-16)12-20-24(28)31-23(27-20)17-6-8-18(25)9-7-17/h2-13H,14H2,1H3. The largest absolute Gasteiger partial charge is 0.493 e. The first-order valence-corrected chi connectivity index (χ1v) is 9.35. The van der Waals surface area contributed by atoms with Crippen LogP contribution in [0.2, 0.25) is 0 Å². The summed E-state index contributed by atoms with van der Waals surface area (Å²) in [6.45, 7) is 0.142. The van der Waals surface area contributed by atoms with Crippen LogP contribution in [-0.2, 0) is 16.1 Å². The van der Waals surface area contributed by atoms with Crippen LogP contribution in [0.15, 0.2) is 77.4 Å². The number of aliphatic imine (C=N–C) groups is 1. The Labute approximate surface area is 177 Å². The van der Waals surface area contributed by atoms with Gasteiger partial charge in [0.05, 0.1) is 7.11 Å². The molecule has 0 fully saturated rings. The van der Waals surface area contributed by atoms with Crippen molar-refractivity contribution in [3.63, 3.8) is 0 Å². The van der Waals surface area contributed by atoms with E-state index >= 15 is 0 Å². The van der Waals surface area contributed by atoms with Gasteiger partial charge < -0.3 is 14.2 Å². The van der Waals surface area contributed by atoms with Crippen molar-refractivity contribution >= 4 is 17.9 Å². The number of carbonyl (C=O) groups excluding carboxylic acids is 1. The minimum atomic E-state index is -0.614. The molecule has 4 rings (SSSR count). The van der Waals surface area contributed by atoms with E-state index in [1.165, 1.54) is 43.5 Å². The van der Waals surface area contributed by atoms with Gasteiger partial charge in [-0.3, -0.25) is 0 Å². The van der Waals surface area contributed by atoms with Gasteiger partial charge in [0.2, 0.25) is 5.90 Å². The molecule has 0 spiro atoms. The number of halogens is 2. The van der Waals surface area contributed by atoms with Crippen molar-refractivity contribution < 1.29 is 27.8 Å². The number of rotatable bonds is 6. The predicted molar refractivity (Wildman–Crippen MR) is 111 cm³/mol. The molecule has 156 valence electrons. The zero-order valence-electron chi connectivity index (χ0n) is 16.5. The van der Waals surface area contributed by atoms with Gasteiger partial charge in [-0.1, -0.05) is 18.2 Å². The molecule has 3 aromatic carbocycles. The average molecular weight is 421 g/mol. The molecule has 0 saturated heterocycles. The van der Waals surface area contributed by atoms with E-state index in [0.717, 1.165) is 0 Å². The highest BCUT2D eigenvalue weighted by Gasteiger charge is 2.24. The van der Waals surface area contributed by atoms with E-state index in [0.29, 0.717) is 28.2 Å². The first-order chi connectivity index (χ1) is 15.0. The number of esters is 1. The Hall–Kier alpha value is -4.00. The zero-order valence-corrected chi connectivity index (χ0v) is 16.5. The first kappa shape index (κ1) is 20.3. The van der Waals surface area contributed by atoms with Gasteiger partial charge in [-0.05, 0) is 65.7 Å². The summed E-state index contributed by atoms with van der Waals surface area (Å²) in [4.78, 5) is 16.4. The summed E-state index contributed by atoms with van der Waals surface area (Å²) in [7, 11) is 1.51. The second-order valence-corrected chi connectivity index (χ2v) is 6.67. The Morgan fingerprint density at radius 2 is 1.77 bits per heavy atom. The maximum Gasteiger partial charge on any atom is 0.363 e. The van der Waals surface area contributed by atoms with Gasteiger partial charge in [0.25, 0.3) is 0 Å². The first-order valence-electron chi connectivity index (χ1n) is 9.35. The Morgan fingerprint density at radius 1 is 0.968 bits per heavy atom. The van der Waals surface area contributed by atoms with Crippen LogP contribution < -0.4 is 9.47 Å². The number of nitrogens with zero attached hydrogens (tertiary/aromatic N) is 1. The lowest BCUT2D eigenvalue weighted by molar-refractivity contribution is -0.129. The van der Waals surface area contributed by atoms with Crippen molar-refractivity contribution in [3.05, 3.63) is 101 Å². The van der Waals surface area contributed by atoms with Crippen molar-refractivity contribution in [3.8, 4) is 11.5 Å². The molecule has 0 atom stereocenters. The monoisotopic (exact) mass is 421 g/mol. The number of methoxy groups -OCH3 is 1. The average Bonchev–Trinajstić information content (AvgIpc) is 3.13. The van der Waals surface area contributed by atoms with Crippen LogP contribution in [0.4, 0.5) is 8.78 Å². The third-order valence-corrected chi connectivity index (χ3v) is 4.49. The van der Waals surface area contributed by atoms with Crippen molar-refractivity contribution in [1.29, 1.82) is 0 Å². The fourth-order valence-electron chi connectivity index (χ4n) is 2.97. The molecule has 31 heavy (non-hydrogen) atoms. The third kappa shape index (κ3) is 4.78. The Balaban J connectivity index is 1.57. The summed E-state index contributed by atoms with van der Waals surface area (Å²) in [6, 6.07) is 16.7. The lowest BCUT2D eigenvalue weighted by Gasteiger charge is -2.11. The number of hydrogen-bond acceptors (Lipinski definition) is 5. The quantitative estimate of drug-likeness (QED) is 0.420. The zero-order chi connectivity index (χ0) is 21.8. The molecule has 0 aromatic heterocycles. The van der Waals surface area contributed by atoms with E-state index in [4.69, 9.17) is 14.2 Å². The molecule has 3 aromatic rings. The highest BCUT2D eigenvalue weighted by atomic mass is 19.1. The van der Waals surface area contributed by atoms with Gasteiger partial charge in [-0.2, -0.15) is 0 Å². The van der Waals surface area contributed by atoms with Crippen molar-refractivity contribution in [2.75, 3.05) is 7.11 Å². The van der Waals surface area contributed by atoms with Gasteiger partial charge in [0.15, 0.2) is 17.2 Å². The van der Waals surface area contributed by atoms with Crippen LogP contribution in [0.5, 0.6) is 11.5 Å². The van der Waals surface area contributed by atoms with Gasteiger partial charge in [-0.15, -0.1) is 0 Å². The van der Waals surface area contributed by atoms with Crippen LogP contribution >= 0.6 is 0 Å². The van der Waals surface area contributed by atoms with Gasteiger partial charge in [0.1, 0.15) is 18.2 Å². The summed E-state index contributed by atoms with van der Waals surface area (Å²) in [6.07, 6.45) is 1.55. The van der Waals surface area contributed by atoms with Gasteiger partial charge in [0, 0.05) is 5.56 Å². The minimum Gasteiger partial charge on any atom is -0.493 e. The molecule has 0 radical (unpaired) electrons. The fourth-order valence-corrected chi connectivity index (χ4v) is 2.97. The number of hydrogen-bond donors (Lipinski definition) is 0. The Bertz CT molecular complexity index is 1190. The Morgan fingerprint density at radius 3 is 2.52 bits per heavy atom. The van der Waals surface area contributed by atoms with E-state index in [1.807, 2.05) is 0 Å². The van der Waals surface area contributed by atoms with Crippen LogP contribution in [0, 0.1) is 11.6 Å². The van der Waals surface area contributed by atoms with Gasteiger partial charge in [-0.25, -0.2) is 18.6 Å². The lowest BCUT2D eigenvalue weighted by atomic mass is 10.1. The number of benzene rings is 3. The normalized spacial score (nSPS) is 14.4. The molecule has 0 bridgehead atoms. The van der Waals surface area contributed by atoms with Crippen LogP contribution in [-0.4, -0.2) is 19.0 Å². The summed E-state index contributed by atoms with van der Waals surface area (Å²) >= 11 is 0. The summed E-state index contributed by atoms with van der Waals surface area (Å²) in [5, 5.41) is 0. The molecule has 0 aliphatic carbocycles. The molecule has 1 heterocycles. The Kier molecular flexibility index (Phi) is 5.75. The molecule has 0 unspecified atom stereocenters. The summed E-state index contributed by atoms with van der Waals surface area (Å²) < 4.78 is 42.8. The van der Waals surface area contributed by atoms with Crippen LogP contribution in [0.3, 0.4) is 0 Å². The molecule has 0 amide bonds. The summed E-state index contributed by atoms with van der Waals surface area (Å²) in [5.74, 6) is -0.336. The second kappa shape index (κ2) is 8.79. The minimum absolute atomic E-state index is 0.0978. The molecule has 0 saturated carbocycles. The third-order valence-electron chi connectivity index (χ3n) is 4.49. The van der Waals surface area contributed by atoms with E-state index in [2.05, 4.69) is 4.99 Å². The maximum absolute atomic E-state index is 13.4. The molecular formula is C24H17F2NO4. The number of cyclic esters (lactones) is 1. The van der Waals surface area contributed by atoms with E-state index in [9.17, 15) is 13.6 Å². The van der Waals surface area contributed by atoms with Crippen LogP contribution in [0.25, 0.3) is 6.08 Å². The smallest absolute Gasteiger partial charge is 0.363 e. The molecule has 0 N–H and O–H groups in total. The van der Waals surface area contributed by atoms with E-state index < -0.39 is 11.8 Å². The van der Waals surface area contributed by atoms with E-state index in [-0.39, 0.29) is 24.0 Å². The van der Waals surface area contributed by atoms with Crippen molar-refractivity contribution in [1.82, 2.24) is 0 Å². The van der Waals surface area contributed by atoms with E-state index in [1.54, 1.807) is 36.4 Å². The maximum atomic E-state index is 13.4. The molecule has 1 aliphatic heterocycles. The predicted octanol–water partition coefficient (Wildman–Crippen LogP) is 4.90. The van der Waals surface area contributed by atoms with Crippen LogP contribution in [0.1, 0.15) is 16.7 Å². The SMILES string of the molecule is COc1ccc(C=C2N=C(c3ccc(F)cc3)OC2=O)cc1OCc1cccc(F)c1. The lowest BCUT2D eigenvalue weighted by Crippen LogP contribution is -2.05. The topological polar surface area (TPSA) is 57.1 Å². The fraction of sp³-hybridized carbons (Fsp3) is 0.0833. The van der Waals surface area contributed by atoms with Crippen molar-refractivity contribution in [2.24, 2.45) is 4.99 Å². The summed E-state index contributed by atoms with van der Waals surface area (Å²) in [5.41, 5.74) is 1.89. The molecular weight excluding hydrogens is 404 g/mol. The molecule has 5 nitrogen and oxygen atoms in total. The molecule has 1 aliphatic rings. The number of ether oxygens (including phenoxy) is 3. The number of carbonyl (C=O) groups is 1. The second-order valence-electron chi connectivity index (χ2n) is 6.67. The van der Waals surface area contributed by atoms with Gasteiger partial charge >= 0.3 is 5.97 Å². The van der Waals surface area contributed by atoms with Crippen molar-refractivity contribution in [2.45, 2.75) is 6.61 Å². The highest BCUT2D eigenvalue weighted by Crippen LogP contribution is 2.30.